The van der Waals surface area contributed by atoms with E-state index in [9.17, 15) is 4.79 Å². The zero-order chi connectivity index (χ0) is 20.5. The van der Waals surface area contributed by atoms with Crippen molar-refractivity contribution in [2.75, 3.05) is 38.2 Å². The summed E-state index contributed by atoms with van der Waals surface area (Å²) in [5.74, 6) is 0.986. The van der Waals surface area contributed by atoms with Gasteiger partial charge in [-0.05, 0) is 42.7 Å². The molecule has 1 atom stereocenters. The lowest BCUT2D eigenvalue weighted by atomic mass is 10.1. The number of hydrogen-bond donors (Lipinski definition) is 3. The van der Waals surface area contributed by atoms with Gasteiger partial charge in [-0.25, -0.2) is 0 Å². The van der Waals surface area contributed by atoms with Crippen LogP contribution in [-0.4, -0.2) is 51.2 Å². The number of nitrogens with two attached hydrogens (primary N) is 1. The monoisotopic (exact) mass is 523 g/mol. The Kier molecular flexibility index (Phi) is 9.72. The van der Waals surface area contributed by atoms with Crippen molar-refractivity contribution in [3.63, 3.8) is 0 Å². The van der Waals surface area contributed by atoms with Crippen molar-refractivity contribution in [1.82, 2.24) is 10.6 Å². The van der Waals surface area contributed by atoms with Crippen LogP contribution in [0, 0.1) is 0 Å². The van der Waals surface area contributed by atoms with Gasteiger partial charge in [-0.3, -0.25) is 9.79 Å². The molecule has 1 unspecified atom stereocenters. The molecule has 0 aliphatic carbocycles. The van der Waals surface area contributed by atoms with Gasteiger partial charge in [-0.15, -0.1) is 24.0 Å². The number of aliphatic imine (C=N–C) groups is 1. The molecule has 1 aliphatic heterocycles. The molecular formula is C22H30IN5O2. The lowest BCUT2D eigenvalue weighted by Crippen LogP contribution is -2.45. The maximum Gasteiger partial charge on any atom is 0.255 e. The van der Waals surface area contributed by atoms with E-state index in [2.05, 4.69) is 44.8 Å². The molecule has 0 saturated carbocycles. The summed E-state index contributed by atoms with van der Waals surface area (Å²) in [7, 11) is 1.80. The van der Waals surface area contributed by atoms with Crippen LogP contribution in [0.4, 0.5) is 5.69 Å². The maximum atomic E-state index is 10.8. The molecule has 162 valence electrons. The summed E-state index contributed by atoms with van der Waals surface area (Å²) in [6, 6.07) is 18.6. The number of primary amides is 1. The molecule has 2 aromatic carbocycles. The molecule has 1 fully saturated rings. The average Bonchev–Trinajstić information content (AvgIpc) is 3.21. The number of ether oxygens (including phenoxy) is 1. The Bertz CT molecular complexity index is 814. The summed E-state index contributed by atoms with van der Waals surface area (Å²) in [6.45, 7) is 2.68. The highest BCUT2D eigenvalue weighted by molar-refractivity contribution is 14.0. The minimum atomic E-state index is -0.480. The zero-order valence-electron chi connectivity index (χ0n) is 17.2. The Morgan fingerprint density at radius 2 is 1.93 bits per heavy atom. The Labute approximate surface area is 195 Å². The predicted molar refractivity (Wildman–Crippen MR) is 132 cm³/mol. The molecule has 2 aromatic rings. The third-order valence-electron chi connectivity index (χ3n) is 4.88. The van der Waals surface area contributed by atoms with Crippen LogP contribution in [0.25, 0.3) is 0 Å². The van der Waals surface area contributed by atoms with Gasteiger partial charge in [0.05, 0.1) is 0 Å². The number of amides is 1. The van der Waals surface area contributed by atoms with Gasteiger partial charge in [-0.1, -0.05) is 30.3 Å². The number of hydrogen-bond acceptors (Lipinski definition) is 4. The number of carbonyl (C=O) groups is 1. The fourth-order valence-electron chi connectivity index (χ4n) is 3.37. The van der Waals surface area contributed by atoms with Crippen molar-refractivity contribution in [3.8, 4) is 5.75 Å². The van der Waals surface area contributed by atoms with Crippen molar-refractivity contribution in [3.05, 3.63) is 60.2 Å². The van der Waals surface area contributed by atoms with E-state index >= 15 is 0 Å². The largest absolute Gasteiger partial charge is 0.484 e. The molecule has 1 aliphatic rings. The van der Waals surface area contributed by atoms with Crippen molar-refractivity contribution >= 4 is 41.5 Å². The number of guanidine groups is 1. The fraction of sp³-hybridized carbons (Fsp3) is 0.364. The van der Waals surface area contributed by atoms with Crippen LogP contribution in [-0.2, 0) is 11.2 Å². The van der Waals surface area contributed by atoms with Crippen molar-refractivity contribution in [1.29, 1.82) is 0 Å². The van der Waals surface area contributed by atoms with Gasteiger partial charge in [0, 0.05) is 38.4 Å². The van der Waals surface area contributed by atoms with Crippen molar-refractivity contribution in [2.24, 2.45) is 10.7 Å². The number of nitrogens with one attached hydrogen (secondary N) is 2. The molecule has 7 nitrogen and oxygen atoms in total. The molecule has 1 saturated heterocycles. The zero-order valence-corrected chi connectivity index (χ0v) is 19.5. The van der Waals surface area contributed by atoms with Gasteiger partial charge in [0.2, 0.25) is 0 Å². The van der Waals surface area contributed by atoms with E-state index in [0.717, 1.165) is 38.4 Å². The molecule has 4 N–H and O–H groups in total. The normalized spacial score (nSPS) is 16.0. The Balaban J connectivity index is 0.00000320. The average molecular weight is 523 g/mol. The highest BCUT2D eigenvalue weighted by Gasteiger charge is 2.23. The standard InChI is InChI=1S/C22H29N5O2.HI/c1-24-22(26-18-12-14-27(15-18)19-5-3-2-4-6-19)25-13-11-17-7-9-20(10-8-17)29-16-21(23)28;/h2-10,18H,11-16H2,1H3,(H2,23,28)(H2,24,25,26);1H. The maximum absolute atomic E-state index is 10.8. The van der Waals surface area contributed by atoms with Crippen LogP contribution in [0.2, 0.25) is 0 Å². The summed E-state index contributed by atoms with van der Waals surface area (Å²) in [6.07, 6.45) is 1.94. The summed E-state index contributed by atoms with van der Waals surface area (Å²) < 4.78 is 5.27. The molecule has 30 heavy (non-hydrogen) atoms. The second-order valence-electron chi connectivity index (χ2n) is 7.06. The Hall–Kier alpha value is -2.49. The van der Waals surface area contributed by atoms with Crippen molar-refractivity contribution < 1.29 is 9.53 Å². The molecule has 0 bridgehead atoms. The third-order valence-corrected chi connectivity index (χ3v) is 4.88. The number of anilines is 1. The molecular weight excluding hydrogens is 493 g/mol. The molecule has 0 aromatic heterocycles. The van der Waals surface area contributed by atoms with Crippen LogP contribution in [0.15, 0.2) is 59.6 Å². The molecule has 1 heterocycles. The third kappa shape index (κ3) is 7.40. The molecule has 1 amide bonds. The van der Waals surface area contributed by atoms with Gasteiger partial charge in [0.25, 0.3) is 5.91 Å². The van der Waals surface area contributed by atoms with E-state index in [1.807, 2.05) is 30.3 Å². The van der Waals surface area contributed by atoms with Gasteiger partial charge in [0.15, 0.2) is 12.6 Å². The Morgan fingerprint density at radius 1 is 1.20 bits per heavy atom. The van der Waals surface area contributed by atoms with Gasteiger partial charge < -0.3 is 26.0 Å². The van der Waals surface area contributed by atoms with Crippen LogP contribution < -0.4 is 26.0 Å². The second kappa shape index (κ2) is 12.3. The number of halogens is 1. The summed E-state index contributed by atoms with van der Waals surface area (Å²) >= 11 is 0. The van der Waals surface area contributed by atoms with Crippen LogP contribution in [0.3, 0.4) is 0 Å². The van der Waals surface area contributed by atoms with E-state index in [1.54, 1.807) is 7.05 Å². The first kappa shape index (κ1) is 23.8. The topological polar surface area (TPSA) is 92.0 Å². The first-order valence-corrected chi connectivity index (χ1v) is 9.91. The first-order valence-electron chi connectivity index (χ1n) is 9.91. The fourth-order valence-corrected chi connectivity index (χ4v) is 3.37. The number of para-hydroxylation sites is 1. The Morgan fingerprint density at radius 3 is 2.60 bits per heavy atom. The van der Waals surface area contributed by atoms with E-state index < -0.39 is 5.91 Å². The predicted octanol–water partition coefficient (Wildman–Crippen LogP) is 2.16. The van der Waals surface area contributed by atoms with E-state index in [4.69, 9.17) is 10.5 Å². The summed E-state index contributed by atoms with van der Waals surface area (Å²) in [5.41, 5.74) is 7.52. The quantitative estimate of drug-likeness (QED) is 0.280. The number of carbonyl (C=O) groups excluding carboxylic acids is 1. The minimum Gasteiger partial charge on any atom is -0.484 e. The van der Waals surface area contributed by atoms with E-state index in [0.29, 0.717) is 11.8 Å². The number of rotatable bonds is 8. The molecule has 0 radical (unpaired) electrons. The number of benzene rings is 2. The highest BCUT2D eigenvalue weighted by Crippen LogP contribution is 2.19. The molecule has 8 heteroatoms. The van der Waals surface area contributed by atoms with E-state index in [1.165, 1.54) is 11.3 Å². The van der Waals surface area contributed by atoms with Gasteiger partial charge in [-0.2, -0.15) is 0 Å². The smallest absolute Gasteiger partial charge is 0.255 e. The first-order chi connectivity index (χ1) is 14.1. The van der Waals surface area contributed by atoms with Gasteiger partial charge in [0.1, 0.15) is 5.75 Å². The molecule has 0 spiro atoms. The van der Waals surface area contributed by atoms with Crippen LogP contribution in [0.5, 0.6) is 5.75 Å². The van der Waals surface area contributed by atoms with Crippen molar-refractivity contribution in [2.45, 2.75) is 18.9 Å². The summed E-state index contributed by atoms with van der Waals surface area (Å²) in [4.78, 5) is 17.5. The lowest BCUT2D eigenvalue weighted by Gasteiger charge is -2.20. The highest BCUT2D eigenvalue weighted by atomic mass is 127. The molecule has 3 rings (SSSR count). The van der Waals surface area contributed by atoms with Crippen LogP contribution in [0.1, 0.15) is 12.0 Å². The lowest BCUT2D eigenvalue weighted by molar-refractivity contribution is -0.119. The SMILES string of the molecule is CN=C(NCCc1ccc(OCC(N)=O)cc1)NC1CCN(c2ccccc2)C1.I. The number of nitrogens with zero attached hydrogens (tertiary/aromatic N) is 2. The van der Waals surface area contributed by atoms with Gasteiger partial charge >= 0.3 is 0 Å². The minimum absolute atomic E-state index is 0. The second-order valence-corrected chi connectivity index (χ2v) is 7.06. The summed E-state index contributed by atoms with van der Waals surface area (Å²) in [5, 5.41) is 6.90. The van der Waals surface area contributed by atoms with Crippen LogP contribution >= 0.6 is 24.0 Å². The van der Waals surface area contributed by atoms with E-state index in [-0.39, 0.29) is 30.6 Å².